The van der Waals surface area contributed by atoms with Crippen LogP contribution in [-0.2, 0) is 9.84 Å². The van der Waals surface area contributed by atoms with E-state index >= 15 is 0 Å². The van der Waals surface area contributed by atoms with Gasteiger partial charge in [-0.2, -0.15) is 4.99 Å². The number of thioether (sulfide) groups is 1. The van der Waals surface area contributed by atoms with Crippen LogP contribution in [0.4, 0.5) is 10.1 Å². The molecule has 0 aliphatic carbocycles. The van der Waals surface area contributed by atoms with Crippen molar-refractivity contribution in [3.8, 4) is 0 Å². The minimum Gasteiger partial charge on any atom is -0.316 e. The van der Waals surface area contributed by atoms with Gasteiger partial charge in [-0.25, -0.2) is 12.8 Å². The molecule has 2 aromatic rings. The van der Waals surface area contributed by atoms with E-state index in [9.17, 15) is 17.6 Å². The number of benzene rings is 2. The van der Waals surface area contributed by atoms with Crippen LogP contribution in [0.5, 0.6) is 0 Å². The normalized spacial score (nSPS) is 25.0. The monoisotopic (exact) mass is 404 g/mol. The molecule has 8 heteroatoms. The van der Waals surface area contributed by atoms with Crippen molar-refractivity contribution in [2.75, 3.05) is 16.4 Å². The first-order valence-electron chi connectivity index (χ1n) is 8.44. The van der Waals surface area contributed by atoms with Crippen LogP contribution in [0.15, 0.2) is 53.5 Å². The number of anilines is 1. The molecule has 2 aliphatic rings. The molecule has 0 bridgehead atoms. The molecule has 2 heterocycles. The van der Waals surface area contributed by atoms with Crippen LogP contribution in [0, 0.1) is 12.7 Å². The second-order valence-electron chi connectivity index (χ2n) is 6.72. The maximum atomic E-state index is 13.3. The van der Waals surface area contributed by atoms with Crippen molar-refractivity contribution in [1.82, 2.24) is 0 Å². The molecule has 4 rings (SSSR count). The number of halogens is 1. The van der Waals surface area contributed by atoms with E-state index in [1.807, 2.05) is 13.0 Å². The summed E-state index contributed by atoms with van der Waals surface area (Å²) in [4.78, 5) is 18.7. The molecule has 140 valence electrons. The average Bonchev–Trinajstić information content (AvgIpc) is 3.07. The maximum Gasteiger partial charge on any atom is 0.279 e. The fourth-order valence-electron chi connectivity index (χ4n) is 3.40. The van der Waals surface area contributed by atoms with Crippen LogP contribution in [0.1, 0.15) is 15.9 Å². The quantitative estimate of drug-likeness (QED) is 0.770. The number of fused-ring (bicyclic) bond motifs is 1. The van der Waals surface area contributed by atoms with Crippen molar-refractivity contribution >= 4 is 38.4 Å². The van der Waals surface area contributed by atoms with Crippen molar-refractivity contribution in [3.05, 3.63) is 65.5 Å². The second-order valence-corrected chi connectivity index (χ2v) is 10.1. The lowest BCUT2D eigenvalue weighted by atomic mass is 10.1. The zero-order valence-corrected chi connectivity index (χ0v) is 16.1. The molecule has 0 radical (unpaired) electrons. The van der Waals surface area contributed by atoms with E-state index in [4.69, 9.17) is 0 Å². The number of carbonyl (C=O) groups is 1. The lowest BCUT2D eigenvalue weighted by Gasteiger charge is -2.24. The van der Waals surface area contributed by atoms with E-state index in [1.165, 1.54) is 23.9 Å². The number of hydrogen-bond donors (Lipinski definition) is 0. The molecular weight excluding hydrogens is 387 g/mol. The van der Waals surface area contributed by atoms with Crippen molar-refractivity contribution < 1.29 is 17.6 Å². The predicted octanol–water partition coefficient (Wildman–Crippen LogP) is 3.05. The summed E-state index contributed by atoms with van der Waals surface area (Å²) >= 11 is 1.30. The first kappa shape index (κ1) is 18.2. The van der Waals surface area contributed by atoms with Gasteiger partial charge in [0.05, 0.1) is 17.5 Å². The molecule has 0 saturated carbocycles. The Balaban J connectivity index is 1.72. The summed E-state index contributed by atoms with van der Waals surface area (Å²) in [5.41, 5.74) is 2.06. The fourth-order valence-corrected chi connectivity index (χ4v) is 7.31. The second kappa shape index (κ2) is 6.76. The molecule has 27 heavy (non-hydrogen) atoms. The van der Waals surface area contributed by atoms with E-state index < -0.39 is 9.84 Å². The van der Waals surface area contributed by atoms with Gasteiger partial charge in [-0.15, -0.1) is 0 Å². The van der Waals surface area contributed by atoms with Gasteiger partial charge in [-0.1, -0.05) is 29.5 Å². The molecule has 2 fully saturated rings. The number of aliphatic imine (C=N–C) groups is 1. The minimum atomic E-state index is -3.14. The number of amides is 1. The Kier molecular flexibility index (Phi) is 4.55. The maximum absolute atomic E-state index is 13.3. The topological polar surface area (TPSA) is 66.8 Å². The Bertz CT molecular complexity index is 1040. The molecule has 5 nitrogen and oxygen atoms in total. The first-order valence-corrected chi connectivity index (χ1v) is 11.1. The summed E-state index contributed by atoms with van der Waals surface area (Å²) in [5.74, 6) is -0.705. The van der Waals surface area contributed by atoms with Crippen LogP contribution in [0.25, 0.3) is 0 Å². The van der Waals surface area contributed by atoms with Crippen molar-refractivity contribution in [2.24, 2.45) is 4.99 Å². The van der Waals surface area contributed by atoms with Gasteiger partial charge in [-0.3, -0.25) is 4.79 Å². The Morgan fingerprint density at radius 3 is 2.63 bits per heavy atom. The highest BCUT2D eigenvalue weighted by atomic mass is 32.2. The molecule has 0 spiro atoms. The van der Waals surface area contributed by atoms with Crippen LogP contribution in [0.3, 0.4) is 0 Å². The Morgan fingerprint density at radius 1 is 1.19 bits per heavy atom. The highest BCUT2D eigenvalue weighted by molar-refractivity contribution is 8.16. The van der Waals surface area contributed by atoms with Crippen LogP contribution >= 0.6 is 11.8 Å². The SMILES string of the molecule is Cc1cccc(C(=O)N=C2S[C@@H]3CS(=O)(=O)C[C@@H]3N2c2ccc(F)cc2)c1. The van der Waals surface area contributed by atoms with E-state index in [0.29, 0.717) is 16.4 Å². The summed E-state index contributed by atoms with van der Waals surface area (Å²) in [6, 6.07) is 12.6. The number of hydrogen-bond acceptors (Lipinski definition) is 4. The summed E-state index contributed by atoms with van der Waals surface area (Å²) in [7, 11) is -3.14. The number of amidine groups is 1. The zero-order chi connectivity index (χ0) is 19.2. The van der Waals surface area contributed by atoms with E-state index in [2.05, 4.69) is 4.99 Å². The lowest BCUT2D eigenvalue weighted by Crippen LogP contribution is -2.37. The molecule has 0 unspecified atom stereocenters. The van der Waals surface area contributed by atoms with Crippen LogP contribution in [-0.4, -0.2) is 42.3 Å². The highest BCUT2D eigenvalue weighted by Gasteiger charge is 2.49. The van der Waals surface area contributed by atoms with Crippen LogP contribution < -0.4 is 4.90 Å². The number of carbonyl (C=O) groups excluding carboxylic acids is 1. The molecule has 2 atom stereocenters. The minimum absolute atomic E-state index is 0.000299. The van der Waals surface area contributed by atoms with Gasteiger partial charge < -0.3 is 4.90 Å². The standard InChI is InChI=1S/C19H17FN2O3S2/c1-12-3-2-4-13(9-12)18(23)21-19-22(15-7-5-14(20)6-8-15)16-10-27(24,25)11-17(16)26-19/h2-9,16-17H,10-11H2,1H3/t16-,17+/m0/s1. The summed E-state index contributed by atoms with van der Waals surface area (Å²) in [6.45, 7) is 1.90. The van der Waals surface area contributed by atoms with Gasteiger partial charge in [0.15, 0.2) is 15.0 Å². The predicted molar refractivity (Wildman–Crippen MR) is 106 cm³/mol. The van der Waals surface area contributed by atoms with Gasteiger partial charge in [0.1, 0.15) is 5.82 Å². The Hall–Kier alpha value is -2.19. The van der Waals surface area contributed by atoms with Crippen molar-refractivity contribution in [2.45, 2.75) is 18.2 Å². The number of sulfone groups is 1. The number of rotatable bonds is 2. The number of aryl methyl sites for hydroxylation is 1. The largest absolute Gasteiger partial charge is 0.316 e. The van der Waals surface area contributed by atoms with Crippen molar-refractivity contribution in [3.63, 3.8) is 0 Å². The summed E-state index contributed by atoms with van der Waals surface area (Å²) < 4.78 is 37.4. The molecule has 0 N–H and O–H groups in total. The third kappa shape index (κ3) is 3.64. The van der Waals surface area contributed by atoms with Crippen LogP contribution in [0.2, 0.25) is 0 Å². The Morgan fingerprint density at radius 2 is 1.93 bits per heavy atom. The highest BCUT2D eigenvalue weighted by Crippen LogP contribution is 2.41. The molecule has 2 saturated heterocycles. The average molecular weight is 404 g/mol. The summed E-state index contributed by atoms with van der Waals surface area (Å²) in [5, 5.41) is 0.266. The van der Waals surface area contributed by atoms with Gasteiger partial charge >= 0.3 is 0 Å². The first-order chi connectivity index (χ1) is 12.8. The van der Waals surface area contributed by atoms with Gasteiger partial charge in [-0.05, 0) is 43.3 Å². The van der Waals surface area contributed by atoms with Crippen molar-refractivity contribution in [1.29, 1.82) is 0 Å². The third-order valence-corrected chi connectivity index (χ3v) is 7.84. The third-order valence-electron chi connectivity index (χ3n) is 4.63. The molecule has 2 aromatic carbocycles. The van der Waals surface area contributed by atoms with E-state index in [-0.39, 0.29) is 34.5 Å². The van der Waals surface area contributed by atoms with Gasteiger partial charge in [0.2, 0.25) is 0 Å². The van der Waals surface area contributed by atoms with E-state index in [0.717, 1.165) is 5.56 Å². The summed E-state index contributed by atoms with van der Waals surface area (Å²) in [6.07, 6.45) is 0. The number of nitrogens with zero attached hydrogens (tertiary/aromatic N) is 2. The van der Waals surface area contributed by atoms with Gasteiger partial charge in [0.25, 0.3) is 5.91 Å². The van der Waals surface area contributed by atoms with Gasteiger partial charge in [0, 0.05) is 16.5 Å². The molecule has 2 aliphatic heterocycles. The molecule has 0 aromatic heterocycles. The molecule has 1 amide bonds. The molecular formula is C19H17FN2O3S2. The zero-order valence-electron chi connectivity index (χ0n) is 14.5. The fraction of sp³-hybridized carbons (Fsp3) is 0.263. The van der Waals surface area contributed by atoms with E-state index in [1.54, 1.807) is 35.2 Å². The lowest BCUT2D eigenvalue weighted by molar-refractivity contribution is 0.100. The smallest absolute Gasteiger partial charge is 0.279 e. The Labute approximate surface area is 161 Å².